The maximum Gasteiger partial charge on any atom is 0.315 e. The van der Waals surface area contributed by atoms with Gasteiger partial charge in [0.1, 0.15) is 6.04 Å². The van der Waals surface area contributed by atoms with E-state index >= 15 is 0 Å². The molecule has 0 radical (unpaired) electrons. The molecule has 2 N–H and O–H groups in total. The predicted octanol–water partition coefficient (Wildman–Crippen LogP) is 1.68. The number of piperidine rings is 1. The molecule has 1 aliphatic rings. The number of nitrogens with one attached hydrogen (secondary N) is 2. The summed E-state index contributed by atoms with van der Waals surface area (Å²) in [6.45, 7) is 4.88. The van der Waals surface area contributed by atoms with Crippen molar-refractivity contribution >= 4 is 11.9 Å². The molecule has 0 bridgehead atoms. The summed E-state index contributed by atoms with van der Waals surface area (Å²) in [6, 6.07) is 2.88. The molecule has 1 fully saturated rings. The van der Waals surface area contributed by atoms with Crippen molar-refractivity contribution in [3.63, 3.8) is 0 Å². The Bertz CT molecular complexity index is 579. The fraction of sp³-hybridized carbons (Fsp3) is 0.588. The van der Waals surface area contributed by atoms with E-state index in [0.29, 0.717) is 12.4 Å². The highest BCUT2D eigenvalue weighted by Gasteiger charge is 2.27. The fourth-order valence-electron chi connectivity index (χ4n) is 2.84. The van der Waals surface area contributed by atoms with E-state index in [1.165, 1.54) is 0 Å². The molecular formula is C17H26N4O3. The summed E-state index contributed by atoms with van der Waals surface area (Å²) < 4.78 is 5.05. The Labute approximate surface area is 142 Å². The van der Waals surface area contributed by atoms with Gasteiger partial charge in [0.05, 0.1) is 7.11 Å². The number of pyridine rings is 1. The molecule has 24 heavy (non-hydrogen) atoms. The van der Waals surface area contributed by atoms with Crippen LogP contribution in [-0.4, -0.2) is 47.6 Å². The highest BCUT2D eigenvalue weighted by molar-refractivity contribution is 5.87. The van der Waals surface area contributed by atoms with E-state index < -0.39 is 6.04 Å². The van der Waals surface area contributed by atoms with Gasteiger partial charge >= 0.3 is 6.03 Å². The maximum atomic E-state index is 12.5. The Hall–Kier alpha value is -2.31. The summed E-state index contributed by atoms with van der Waals surface area (Å²) in [7, 11) is 1.54. The molecule has 0 aromatic carbocycles. The highest BCUT2D eigenvalue weighted by atomic mass is 16.5. The second kappa shape index (κ2) is 8.52. The first-order valence-corrected chi connectivity index (χ1v) is 8.35. The van der Waals surface area contributed by atoms with Gasteiger partial charge in [-0.1, -0.05) is 0 Å². The molecule has 0 spiro atoms. The van der Waals surface area contributed by atoms with E-state index in [2.05, 4.69) is 22.5 Å². The molecule has 2 atom stereocenters. The number of aromatic nitrogens is 1. The van der Waals surface area contributed by atoms with Crippen LogP contribution in [0.1, 0.15) is 38.7 Å². The summed E-state index contributed by atoms with van der Waals surface area (Å²) in [5.74, 6) is 0.472. The molecular weight excluding hydrogens is 308 g/mol. The van der Waals surface area contributed by atoms with Crippen molar-refractivity contribution in [2.45, 2.75) is 51.7 Å². The molecule has 1 aromatic heterocycles. The molecule has 2 rings (SSSR count). The average Bonchev–Trinajstić information content (AvgIpc) is 2.60. The van der Waals surface area contributed by atoms with Crippen LogP contribution in [0.15, 0.2) is 18.3 Å². The largest absolute Gasteiger partial charge is 0.481 e. The molecule has 0 aliphatic carbocycles. The quantitative estimate of drug-likeness (QED) is 0.858. The first kappa shape index (κ1) is 18.0. The van der Waals surface area contributed by atoms with Crippen molar-refractivity contribution in [2.24, 2.45) is 0 Å². The molecule has 3 amide bonds. The molecule has 132 valence electrons. The van der Waals surface area contributed by atoms with Crippen molar-refractivity contribution in [1.29, 1.82) is 0 Å². The zero-order valence-electron chi connectivity index (χ0n) is 14.5. The second-order valence-corrected chi connectivity index (χ2v) is 6.13. The Morgan fingerprint density at radius 3 is 2.96 bits per heavy atom. The third-order valence-corrected chi connectivity index (χ3v) is 4.27. The lowest BCUT2D eigenvalue weighted by atomic mass is 10.0. The van der Waals surface area contributed by atoms with Crippen LogP contribution in [0.4, 0.5) is 4.79 Å². The van der Waals surface area contributed by atoms with Crippen LogP contribution >= 0.6 is 0 Å². The maximum absolute atomic E-state index is 12.5. The first-order valence-electron chi connectivity index (χ1n) is 8.35. The minimum atomic E-state index is -0.544. The van der Waals surface area contributed by atoms with Gasteiger partial charge in [0.15, 0.2) is 0 Å². The minimum absolute atomic E-state index is 0.0251. The van der Waals surface area contributed by atoms with Crippen LogP contribution in [0, 0.1) is 0 Å². The number of nitrogens with zero attached hydrogens (tertiary/aromatic N) is 2. The number of carbonyl (C=O) groups excluding carboxylic acids is 2. The van der Waals surface area contributed by atoms with E-state index in [1.54, 1.807) is 32.4 Å². The molecule has 1 aliphatic heterocycles. The second-order valence-electron chi connectivity index (χ2n) is 6.13. The monoisotopic (exact) mass is 334 g/mol. The Morgan fingerprint density at radius 1 is 1.46 bits per heavy atom. The predicted molar refractivity (Wildman–Crippen MR) is 90.6 cm³/mol. The average molecular weight is 334 g/mol. The number of methoxy groups -OCH3 is 1. The van der Waals surface area contributed by atoms with Crippen molar-refractivity contribution < 1.29 is 14.3 Å². The zero-order valence-corrected chi connectivity index (χ0v) is 14.5. The van der Waals surface area contributed by atoms with Gasteiger partial charge in [-0.15, -0.1) is 0 Å². The third-order valence-electron chi connectivity index (χ3n) is 4.27. The number of amides is 3. The molecule has 1 aromatic rings. The van der Waals surface area contributed by atoms with E-state index in [4.69, 9.17) is 4.74 Å². The van der Waals surface area contributed by atoms with Crippen molar-refractivity contribution in [3.05, 3.63) is 23.9 Å². The molecule has 7 heteroatoms. The normalized spacial score (nSPS) is 18.6. The first-order chi connectivity index (χ1) is 11.5. The fourth-order valence-corrected chi connectivity index (χ4v) is 2.84. The number of rotatable bonds is 5. The number of urea groups is 1. The van der Waals surface area contributed by atoms with Crippen LogP contribution in [0.5, 0.6) is 5.88 Å². The van der Waals surface area contributed by atoms with Gasteiger partial charge in [0.25, 0.3) is 0 Å². The number of carbonyl (C=O) groups is 2. The minimum Gasteiger partial charge on any atom is -0.481 e. The number of hydrogen-bond donors (Lipinski definition) is 2. The smallest absolute Gasteiger partial charge is 0.315 e. The molecule has 0 saturated carbocycles. The Kier molecular flexibility index (Phi) is 6.40. The van der Waals surface area contributed by atoms with E-state index in [1.807, 2.05) is 4.90 Å². The Morgan fingerprint density at radius 2 is 2.25 bits per heavy atom. The van der Waals surface area contributed by atoms with Crippen molar-refractivity contribution in [2.75, 3.05) is 13.7 Å². The molecule has 7 nitrogen and oxygen atoms in total. The molecule has 1 saturated heterocycles. The Balaban J connectivity index is 1.81. The standard InChI is InChI=1S/C17H26N4O3/c1-12-6-4-5-9-21(12)16(22)13(2)20-17(23)19-11-14-7-8-18-15(10-14)24-3/h7-8,10,12-13H,4-6,9,11H2,1-3H3,(H2,19,20,23)/t12-,13+/m0/s1. The van der Waals surface area contributed by atoms with Crippen LogP contribution in [-0.2, 0) is 11.3 Å². The van der Waals surface area contributed by atoms with Gasteiger partial charge < -0.3 is 20.3 Å². The van der Waals surface area contributed by atoms with Gasteiger partial charge in [-0.3, -0.25) is 4.79 Å². The van der Waals surface area contributed by atoms with Crippen LogP contribution in [0.25, 0.3) is 0 Å². The van der Waals surface area contributed by atoms with Gasteiger partial charge in [-0.25, -0.2) is 9.78 Å². The van der Waals surface area contributed by atoms with Crippen molar-refractivity contribution in [1.82, 2.24) is 20.5 Å². The number of hydrogen-bond acceptors (Lipinski definition) is 4. The van der Waals surface area contributed by atoms with Crippen LogP contribution in [0.2, 0.25) is 0 Å². The summed E-state index contributed by atoms with van der Waals surface area (Å²) in [4.78, 5) is 30.3. The zero-order chi connectivity index (χ0) is 17.5. The molecule has 0 unspecified atom stereocenters. The van der Waals surface area contributed by atoms with E-state index in [-0.39, 0.29) is 18.0 Å². The number of likely N-dealkylation sites (tertiary alicyclic amines) is 1. The topological polar surface area (TPSA) is 83.6 Å². The van der Waals surface area contributed by atoms with Crippen LogP contribution in [0.3, 0.4) is 0 Å². The SMILES string of the molecule is COc1cc(CNC(=O)N[C@H](C)C(=O)N2CCCC[C@@H]2C)ccn1. The summed E-state index contributed by atoms with van der Waals surface area (Å²) in [6.07, 6.45) is 4.83. The van der Waals surface area contributed by atoms with E-state index in [0.717, 1.165) is 31.4 Å². The van der Waals surface area contributed by atoms with Gasteiger partial charge in [-0.05, 0) is 44.7 Å². The van der Waals surface area contributed by atoms with Gasteiger partial charge in [0, 0.05) is 31.4 Å². The number of ether oxygens (including phenoxy) is 1. The lowest BCUT2D eigenvalue weighted by Crippen LogP contribution is -2.53. The van der Waals surface area contributed by atoms with Crippen LogP contribution < -0.4 is 15.4 Å². The van der Waals surface area contributed by atoms with Crippen molar-refractivity contribution in [3.8, 4) is 5.88 Å². The van der Waals surface area contributed by atoms with Gasteiger partial charge in [0.2, 0.25) is 11.8 Å². The summed E-state index contributed by atoms with van der Waals surface area (Å²) >= 11 is 0. The highest BCUT2D eigenvalue weighted by Crippen LogP contribution is 2.17. The summed E-state index contributed by atoms with van der Waals surface area (Å²) in [5.41, 5.74) is 0.876. The molecule has 2 heterocycles. The van der Waals surface area contributed by atoms with E-state index in [9.17, 15) is 9.59 Å². The van der Waals surface area contributed by atoms with Gasteiger partial charge in [-0.2, -0.15) is 0 Å². The lowest BCUT2D eigenvalue weighted by Gasteiger charge is -2.35. The summed E-state index contributed by atoms with van der Waals surface area (Å²) in [5, 5.41) is 5.45. The third kappa shape index (κ3) is 4.84. The lowest BCUT2D eigenvalue weighted by molar-refractivity contribution is -0.136.